The van der Waals surface area contributed by atoms with E-state index < -0.39 is 0 Å². The highest BCUT2D eigenvalue weighted by atomic mass is 16.5. The van der Waals surface area contributed by atoms with Gasteiger partial charge in [-0.05, 0) is 25.0 Å². The van der Waals surface area contributed by atoms with E-state index >= 15 is 0 Å². The van der Waals surface area contributed by atoms with Crippen molar-refractivity contribution in [3.8, 4) is 0 Å². The largest absolute Gasteiger partial charge is 0.378 e. The first-order chi connectivity index (χ1) is 11.6. The van der Waals surface area contributed by atoms with E-state index in [1.54, 1.807) is 0 Å². The molecule has 6 nitrogen and oxygen atoms in total. The maximum atomic E-state index is 12.6. The van der Waals surface area contributed by atoms with E-state index in [2.05, 4.69) is 27.8 Å². The number of aryl methyl sites for hydroxylation is 1. The highest BCUT2D eigenvalue weighted by Gasteiger charge is 2.29. The maximum absolute atomic E-state index is 12.6. The third-order valence-corrected chi connectivity index (χ3v) is 4.97. The number of morpholine rings is 1. The van der Waals surface area contributed by atoms with Gasteiger partial charge in [-0.25, -0.2) is 0 Å². The van der Waals surface area contributed by atoms with E-state index in [0.717, 1.165) is 45.8 Å². The predicted molar refractivity (Wildman–Crippen MR) is 92.7 cm³/mol. The van der Waals surface area contributed by atoms with Crippen LogP contribution in [0, 0.1) is 6.92 Å². The van der Waals surface area contributed by atoms with Gasteiger partial charge in [-0.1, -0.05) is 6.07 Å². The summed E-state index contributed by atoms with van der Waals surface area (Å²) in [5.41, 5.74) is 2.47. The van der Waals surface area contributed by atoms with Crippen LogP contribution >= 0.6 is 0 Å². The number of carbonyl (C=O) groups is 1. The van der Waals surface area contributed by atoms with Crippen LogP contribution in [-0.2, 0) is 16.1 Å². The van der Waals surface area contributed by atoms with Gasteiger partial charge in [-0.15, -0.1) is 0 Å². The Morgan fingerprint density at radius 2 is 1.88 bits per heavy atom. The van der Waals surface area contributed by atoms with Gasteiger partial charge in [0.15, 0.2) is 0 Å². The lowest BCUT2D eigenvalue weighted by Crippen LogP contribution is -2.55. The Morgan fingerprint density at radius 3 is 2.54 bits per heavy atom. The van der Waals surface area contributed by atoms with Gasteiger partial charge < -0.3 is 9.64 Å². The van der Waals surface area contributed by atoms with E-state index in [-0.39, 0.29) is 11.9 Å². The Labute approximate surface area is 144 Å². The van der Waals surface area contributed by atoms with Crippen molar-refractivity contribution in [2.24, 2.45) is 0 Å². The van der Waals surface area contributed by atoms with E-state index in [0.29, 0.717) is 13.2 Å². The molecule has 2 fully saturated rings. The first-order valence-corrected chi connectivity index (χ1v) is 8.87. The Kier molecular flexibility index (Phi) is 5.81. The molecule has 0 aromatic carbocycles. The SMILES string of the molecule is Cc1cncc(CN2CCN([C@H](C)C(=O)N3CCOCC3)CC2)c1. The molecule has 2 aliphatic heterocycles. The van der Waals surface area contributed by atoms with Crippen molar-refractivity contribution in [1.29, 1.82) is 0 Å². The zero-order valence-corrected chi connectivity index (χ0v) is 14.8. The molecule has 0 bridgehead atoms. The molecule has 3 heterocycles. The molecule has 3 rings (SSSR count). The van der Waals surface area contributed by atoms with Crippen LogP contribution in [0.4, 0.5) is 0 Å². The number of aromatic nitrogens is 1. The summed E-state index contributed by atoms with van der Waals surface area (Å²) in [5, 5.41) is 0. The topological polar surface area (TPSA) is 48.9 Å². The molecular weight excluding hydrogens is 304 g/mol. The summed E-state index contributed by atoms with van der Waals surface area (Å²) in [6.07, 6.45) is 3.84. The van der Waals surface area contributed by atoms with Crippen molar-refractivity contribution in [2.45, 2.75) is 26.4 Å². The Bertz CT molecular complexity index is 552. The highest BCUT2D eigenvalue weighted by molar-refractivity contribution is 5.81. The quantitative estimate of drug-likeness (QED) is 0.815. The molecule has 2 saturated heterocycles. The number of hydrogen-bond acceptors (Lipinski definition) is 5. The first-order valence-electron chi connectivity index (χ1n) is 8.87. The summed E-state index contributed by atoms with van der Waals surface area (Å²) in [6.45, 7) is 11.7. The molecule has 2 aliphatic rings. The third kappa shape index (κ3) is 4.32. The smallest absolute Gasteiger partial charge is 0.239 e. The Morgan fingerprint density at radius 1 is 1.17 bits per heavy atom. The van der Waals surface area contributed by atoms with Crippen LogP contribution in [0.25, 0.3) is 0 Å². The molecule has 1 amide bonds. The molecular formula is C18H28N4O2. The lowest BCUT2D eigenvalue weighted by atomic mass is 10.1. The van der Waals surface area contributed by atoms with Crippen LogP contribution in [0.1, 0.15) is 18.1 Å². The van der Waals surface area contributed by atoms with E-state index in [9.17, 15) is 4.79 Å². The van der Waals surface area contributed by atoms with Crippen molar-refractivity contribution in [3.63, 3.8) is 0 Å². The highest BCUT2D eigenvalue weighted by Crippen LogP contribution is 2.13. The lowest BCUT2D eigenvalue weighted by molar-refractivity contribution is -0.141. The van der Waals surface area contributed by atoms with Crippen LogP contribution in [0.2, 0.25) is 0 Å². The molecule has 1 aromatic rings. The van der Waals surface area contributed by atoms with E-state index in [1.807, 2.05) is 24.2 Å². The van der Waals surface area contributed by atoms with Crippen molar-refractivity contribution >= 4 is 5.91 Å². The summed E-state index contributed by atoms with van der Waals surface area (Å²) >= 11 is 0. The van der Waals surface area contributed by atoms with Crippen LogP contribution < -0.4 is 0 Å². The number of hydrogen-bond donors (Lipinski definition) is 0. The zero-order valence-electron chi connectivity index (χ0n) is 14.8. The normalized spacial score (nSPS) is 21.7. The van der Waals surface area contributed by atoms with Gasteiger partial charge in [-0.3, -0.25) is 19.6 Å². The second-order valence-electron chi connectivity index (χ2n) is 6.80. The monoisotopic (exact) mass is 332 g/mol. The fraction of sp³-hybridized carbons (Fsp3) is 0.667. The van der Waals surface area contributed by atoms with Gasteiger partial charge in [0, 0.05) is 58.2 Å². The summed E-state index contributed by atoms with van der Waals surface area (Å²) in [5.74, 6) is 0.245. The number of pyridine rings is 1. The van der Waals surface area contributed by atoms with Gasteiger partial charge in [0.05, 0.1) is 19.3 Å². The number of amides is 1. The standard InChI is InChI=1S/C18H28N4O2/c1-15-11-17(13-19-12-15)14-20-3-5-21(6-4-20)16(2)18(23)22-7-9-24-10-8-22/h11-13,16H,3-10,14H2,1-2H3/t16-/m1/s1. The minimum Gasteiger partial charge on any atom is -0.378 e. The summed E-state index contributed by atoms with van der Waals surface area (Å²) in [6, 6.07) is 2.16. The molecule has 0 saturated carbocycles. The average Bonchev–Trinajstić information content (AvgIpc) is 2.62. The van der Waals surface area contributed by atoms with Crippen LogP contribution in [0.5, 0.6) is 0 Å². The van der Waals surface area contributed by atoms with Crippen molar-refractivity contribution in [2.75, 3.05) is 52.5 Å². The molecule has 0 spiro atoms. The number of carbonyl (C=O) groups excluding carboxylic acids is 1. The fourth-order valence-electron chi connectivity index (χ4n) is 3.48. The van der Waals surface area contributed by atoms with Crippen LogP contribution in [0.3, 0.4) is 0 Å². The molecule has 6 heteroatoms. The fourth-order valence-corrected chi connectivity index (χ4v) is 3.48. The summed E-state index contributed by atoms with van der Waals surface area (Å²) in [7, 11) is 0. The Hall–Kier alpha value is -1.50. The van der Waals surface area contributed by atoms with Crippen molar-refractivity contribution in [1.82, 2.24) is 19.7 Å². The number of ether oxygens (including phenoxy) is 1. The van der Waals surface area contributed by atoms with E-state index in [1.165, 1.54) is 11.1 Å². The molecule has 0 radical (unpaired) electrons. The molecule has 0 aliphatic carbocycles. The van der Waals surface area contributed by atoms with Gasteiger partial charge >= 0.3 is 0 Å². The van der Waals surface area contributed by atoms with Crippen molar-refractivity contribution < 1.29 is 9.53 Å². The predicted octanol–water partition coefficient (Wildman–Crippen LogP) is 0.755. The van der Waals surface area contributed by atoms with Gasteiger partial charge in [-0.2, -0.15) is 0 Å². The molecule has 1 atom stereocenters. The van der Waals surface area contributed by atoms with Gasteiger partial charge in [0.25, 0.3) is 0 Å². The number of nitrogens with zero attached hydrogens (tertiary/aromatic N) is 4. The molecule has 0 unspecified atom stereocenters. The summed E-state index contributed by atoms with van der Waals surface area (Å²) < 4.78 is 5.33. The molecule has 132 valence electrons. The molecule has 0 N–H and O–H groups in total. The minimum absolute atomic E-state index is 0.0362. The molecule has 1 aromatic heterocycles. The van der Waals surface area contributed by atoms with Gasteiger partial charge in [0.2, 0.25) is 5.91 Å². The minimum atomic E-state index is -0.0362. The molecule has 24 heavy (non-hydrogen) atoms. The third-order valence-electron chi connectivity index (χ3n) is 4.97. The first kappa shape index (κ1) is 17.3. The van der Waals surface area contributed by atoms with E-state index in [4.69, 9.17) is 4.74 Å². The average molecular weight is 332 g/mol. The number of rotatable bonds is 4. The number of piperazine rings is 1. The van der Waals surface area contributed by atoms with Gasteiger partial charge in [0.1, 0.15) is 0 Å². The second kappa shape index (κ2) is 8.05. The van der Waals surface area contributed by atoms with Crippen molar-refractivity contribution in [3.05, 3.63) is 29.6 Å². The zero-order chi connectivity index (χ0) is 16.9. The Balaban J connectivity index is 1.48. The summed E-state index contributed by atoms with van der Waals surface area (Å²) in [4.78, 5) is 23.6. The van der Waals surface area contributed by atoms with Crippen LogP contribution in [0.15, 0.2) is 18.5 Å². The maximum Gasteiger partial charge on any atom is 0.239 e. The lowest BCUT2D eigenvalue weighted by Gasteiger charge is -2.39. The van der Waals surface area contributed by atoms with Crippen LogP contribution in [-0.4, -0.2) is 84.1 Å². The second-order valence-corrected chi connectivity index (χ2v) is 6.80.